The molecule has 5 nitrogen and oxygen atoms in total. The highest BCUT2D eigenvalue weighted by Gasteiger charge is 2.43. The number of nitrogens with zero attached hydrogens (tertiary/aromatic N) is 1. The van der Waals surface area contributed by atoms with Crippen LogP contribution in [0.3, 0.4) is 0 Å². The van der Waals surface area contributed by atoms with Gasteiger partial charge in [0, 0.05) is 25.1 Å². The first-order chi connectivity index (χ1) is 12.0. The number of carbonyl (C=O) groups excluding carboxylic acids is 1. The lowest BCUT2D eigenvalue weighted by Gasteiger charge is -2.33. The average Bonchev–Trinajstić information content (AvgIpc) is 3.00. The van der Waals surface area contributed by atoms with Gasteiger partial charge in [-0.15, -0.1) is 12.4 Å². The second kappa shape index (κ2) is 8.97. The molecule has 0 aromatic heterocycles. The second-order valence-corrected chi connectivity index (χ2v) is 6.64. The Morgan fingerprint density at radius 1 is 1.31 bits per heavy atom. The zero-order chi connectivity index (χ0) is 17.9. The predicted octanol–water partition coefficient (Wildman–Crippen LogP) is 2.62. The van der Waals surface area contributed by atoms with Gasteiger partial charge in [-0.25, -0.2) is 8.78 Å². The molecule has 3 rings (SSSR count). The molecule has 2 fully saturated rings. The number of halogens is 3. The van der Waals surface area contributed by atoms with Gasteiger partial charge in [-0.1, -0.05) is 18.2 Å². The van der Waals surface area contributed by atoms with E-state index in [4.69, 9.17) is 9.47 Å². The molecule has 1 aromatic carbocycles. The first kappa shape index (κ1) is 20.9. The molecule has 1 N–H and O–H groups in total. The summed E-state index contributed by atoms with van der Waals surface area (Å²) >= 11 is 0. The molecule has 1 aromatic rings. The van der Waals surface area contributed by atoms with Crippen molar-refractivity contribution in [3.8, 4) is 5.75 Å². The molecule has 2 heterocycles. The van der Waals surface area contributed by atoms with Crippen molar-refractivity contribution in [3.63, 3.8) is 0 Å². The van der Waals surface area contributed by atoms with Crippen molar-refractivity contribution in [1.29, 1.82) is 0 Å². The van der Waals surface area contributed by atoms with Crippen LogP contribution in [-0.4, -0.2) is 55.6 Å². The minimum atomic E-state index is -2.78. The molecule has 8 heteroatoms. The van der Waals surface area contributed by atoms with Crippen molar-refractivity contribution in [1.82, 2.24) is 10.2 Å². The van der Waals surface area contributed by atoms with Crippen LogP contribution in [0.15, 0.2) is 24.3 Å². The van der Waals surface area contributed by atoms with E-state index in [0.29, 0.717) is 32.5 Å². The van der Waals surface area contributed by atoms with Crippen molar-refractivity contribution >= 4 is 18.3 Å². The lowest BCUT2D eigenvalue weighted by molar-refractivity contribution is -0.136. The third kappa shape index (κ3) is 5.05. The Kier molecular flexibility index (Phi) is 7.20. The molecule has 0 aliphatic carbocycles. The summed E-state index contributed by atoms with van der Waals surface area (Å²) < 4.78 is 37.7. The molecule has 1 amide bonds. The summed E-state index contributed by atoms with van der Waals surface area (Å²) in [7, 11) is 1.63. The van der Waals surface area contributed by atoms with Gasteiger partial charge in [0.15, 0.2) is 0 Å². The summed E-state index contributed by atoms with van der Waals surface area (Å²) in [6.45, 7) is 1.12. The van der Waals surface area contributed by atoms with Gasteiger partial charge in [0.25, 0.3) is 5.92 Å². The highest BCUT2D eigenvalue weighted by molar-refractivity contribution is 5.85. The van der Waals surface area contributed by atoms with Crippen LogP contribution in [-0.2, 0) is 16.1 Å². The molecule has 2 aliphatic heterocycles. The number of amides is 1. The van der Waals surface area contributed by atoms with Crippen molar-refractivity contribution in [2.24, 2.45) is 0 Å². The van der Waals surface area contributed by atoms with Gasteiger partial charge in [-0.05, 0) is 18.9 Å². The Morgan fingerprint density at radius 3 is 2.62 bits per heavy atom. The third-order valence-corrected chi connectivity index (χ3v) is 4.83. The number of piperidine rings is 1. The van der Waals surface area contributed by atoms with Gasteiger partial charge in [-0.2, -0.15) is 0 Å². The van der Waals surface area contributed by atoms with Crippen LogP contribution < -0.4 is 10.1 Å². The van der Waals surface area contributed by atoms with Crippen molar-refractivity contribution in [3.05, 3.63) is 29.8 Å². The van der Waals surface area contributed by atoms with E-state index in [0.717, 1.165) is 11.3 Å². The average molecular weight is 391 g/mol. The van der Waals surface area contributed by atoms with Crippen molar-refractivity contribution < 1.29 is 23.0 Å². The number of ether oxygens (including phenoxy) is 2. The van der Waals surface area contributed by atoms with Crippen LogP contribution in [0.5, 0.6) is 5.75 Å². The van der Waals surface area contributed by atoms with Crippen molar-refractivity contribution in [2.75, 3.05) is 26.7 Å². The minimum absolute atomic E-state index is 0. The zero-order valence-corrected chi connectivity index (χ0v) is 15.6. The van der Waals surface area contributed by atoms with E-state index in [1.165, 1.54) is 0 Å². The summed E-state index contributed by atoms with van der Waals surface area (Å²) in [5, 5.41) is 2.63. The normalized spacial score (nSPS) is 22.7. The van der Waals surface area contributed by atoms with Crippen LogP contribution in [0.1, 0.15) is 24.8 Å². The molecule has 26 heavy (non-hydrogen) atoms. The maximum absolute atomic E-state index is 13.2. The smallest absolute Gasteiger partial charge is 0.262 e. The van der Waals surface area contributed by atoms with E-state index in [9.17, 15) is 13.6 Å². The summed E-state index contributed by atoms with van der Waals surface area (Å²) in [6, 6.07) is 6.94. The Hall–Kier alpha value is -1.44. The Labute approximate surface area is 158 Å². The molecule has 0 spiro atoms. The molecule has 0 bridgehead atoms. The number of rotatable bonds is 5. The summed E-state index contributed by atoms with van der Waals surface area (Å²) in [5.74, 6) is -2.21. The summed E-state index contributed by atoms with van der Waals surface area (Å²) in [6.07, 6.45) is 1.08. The Bertz CT molecular complexity index is 610. The van der Waals surface area contributed by atoms with E-state index in [1.807, 2.05) is 24.3 Å². The number of hydrogen-bond donors (Lipinski definition) is 1. The molecule has 1 unspecified atom stereocenters. The van der Waals surface area contributed by atoms with E-state index in [2.05, 4.69) is 5.32 Å². The van der Waals surface area contributed by atoms with Crippen LogP contribution in [0.4, 0.5) is 8.78 Å². The molecular formula is C18H25ClF2N2O3. The number of nitrogens with one attached hydrogen (secondary N) is 1. The van der Waals surface area contributed by atoms with Crippen LogP contribution >= 0.6 is 12.4 Å². The van der Waals surface area contributed by atoms with Gasteiger partial charge in [0.1, 0.15) is 5.75 Å². The molecule has 2 saturated heterocycles. The minimum Gasteiger partial charge on any atom is -0.496 e. The molecule has 146 valence electrons. The fourth-order valence-corrected chi connectivity index (χ4v) is 3.38. The number of alkyl halides is 2. The first-order valence-corrected chi connectivity index (χ1v) is 8.62. The Balaban J connectivity index is 0.00000243. The number of carbonyl (C=O) groups is 1. The summed E-state index contributed by atoms with van der Waals surface area (Å²) in [5.41, 5.74) is 0.987. The largest absolute Gasteiger partial charge is 0.496 e. The highest BCUT2D eigenvalue weighted by atomic mass is 35.5. The van der Waals surface area contributed by atoms with Crippen LogP contribution in [0.2, 0.25) is 0 Å². The number of methoxy groups -OCH3 is 1. The SMILES string of the molecule is COc1ccccc1COC1CCN(C(=O)C2CC(F)(F)CN2)CC1.Cl. The molecular weight excluding hydrogens is 366 g/mol. The summed E-state index contributed by atoms with van der Waals surface area (Å²) in [4.78, 5) is 14.0. The Morgan fingerprint density at radius 2 is 2.00 bits per heavy atom. The van der Waals surface area contributed by atoms with Gasteiger partial charge in [0.2, 0.25) is 5.91 Å². The number of hydrogen-bond acceptors (Lipinski definition) is 4. The zero-order valence-electron chi connectivity index (χ0n) is 14.7. The maximum Gasteiger partial charge on any atom is 0.262 e. The maximum atomic E-state index is 13.2. The van der Waals surface area contributed by atoms with Gasteiger partial charge in [-0.3, -0.25) is 10.1 Å². The third-order valence-electron chi connectivity index (χ3n) is 4.83. The first-order valence-electron chi connectivity index (χ1n) is 8.62. The molecule has 0 radical (unpaired) electrons. The topological polar surface area (TPSA) is 50.8 Å². The van der Waals surface area contributed by atoms with E-state index >= 15 is 0 Å². The predicted molar refractivity (Wildman–Crippen MR) is 96.0 cm³/mol. The monoisotopic (exact) mass is 390 g/mol. The molecule has 1 atom stereocenters. The lowest BCUT2D eigenvalue weighted by Crippen LogP contribution is -2.48. The second-order valence-electron chi connectivity index (χ2n) is 6.64. The van der Waals surface area contributed by atoms with E-state index in [-0.39, 0.29) is 24.4 Å². The standard InChI is InChI=1S/C18H24F2N2O3.ClH/c1-24-16-5-3-2-4-13(16)11-25-14-6-8-22(9-7-14)17(23)15-10-18(19,20)12-21-15;/h2-5,14-15,21H,6-12H2,1H3;1H. The van der Waals surface area contributed by atoms with E-state index in [1.54, 1.807) is 12.0 Å². The van der Waals surface area contributed by atoms with Crippen LogP contribution in [0.25, 0.3) is 0 Å². The van der Waals surface area contributed by atoms with Crippen LogP contribution in [0, 0.1) is 0 Å². The lowest BCUT2D eigenvalue weighted by atomic mass is 10.1. The fourth-order valence-electron chi connectivity index (χ4n) is 3.38. The highest BCUT2D eigenvalue weighted by Crippen LogP contribution is 2.27. The number of likely N-dealkylation sites (tertiary alicyclic amines) is 1. The van der Waals surface area contributed by atoms with E-state index < -0.39 is 24.9 Å². The number of para-hydroxylation sites is 1. The van der Waals surface area contributed by atoms with Crippen molar-refractivity contribution in [2.45, 2.75) is 43.9 Å². The molecule has 0 saturated carbocycles. The van der Waals surface area contributed by atoms with Gasteiger partial charge >= 0.3 is 0 Å². The van der Waals surface area contributed by atoms with Gasteiger partial charge in [0.05, 0.1) is 32.4 Å². The number of benzene rings is 1. The molecule has 2 aliphatic rings. The fraction of sp³-hybridized carbons (Fsp3) is 0.611. The van der Waals surface area contributed by atoms with Gasteiger partial charge < -0.3 is 14.4 Å². The quantitative estimate of drug-likeness (QED) is 0.839.